The highest BCUT2D eigenvalue weighted by molar-refractivity contribution is 6.00. The maximum atomic E-state index is 13.5. The highest BCUT2D eigenvalue weighted by Crippen LogP contribution is 2.31. The minimum absolute atomic E-state index is 0.0289. The number of halogens is 1. The quantitative estimate of drug-likeness (QED) is 0.764. The van der Waals surface area contributed by atoms with Crippen molar-refractivity contribution in [3.63, 3.8) is 0 Å². The number of benzene rings is 1. The van der Waals surface area contributed by atoms with Gasteiger partial charge in [-0.25, -0.2) is 14.2 Å². The monoisotopic (exact) mass is 355 g/mol. The minimum Gasteiger partial charge on any atom is -0.464 e. The molecule has 1 saturated heterocycles. The standard InChI is InChI=1S/C18H14FN3O4/c19-12-2-3-13-14(9-22(18(24)25)15(13)7-12)11-1-4-16(20-8-11)21-5-6-26-10-17(21)23/h1-4,7-9H,5-6,10H2,(H,24,25). The van der Waals surface area contributed by atoms with Gasteiger partial charge in [-0.3, -0.25) is 14.3 Å². The third kappa shape index (κ3) is 2.70. The highest BCUT2D eigenvalue weighted by Gasteiger charge is 2.21. The highest BCUT2D eigenvalue weighted by atomic mass is 19.1. The lowest BCUT2D eigenvalue weighted by Crippen LogP contribution is -2.42. The maximum absolute atomic E-state index is 13.5. The summed E-state index contributed by atoms with van der Waals surface area (Å²) in [5.74, 6) is -0.159. The van der Waals surface area contributed by atoms with Crippen molar-refractivity contribution in [1.82, 2.24) is 9.55 Å². The first-order chi connectivity index (χ1) is 12.5. The Morgan fingerprint density at radius 3 is 2.81 bits per heavy atom. The molecule has 0 spiro atoms. The number of hydrogen-bond acceptors (Lipinski definition) is 4. The van der Waals surface area contributed by atoms with Gasteiger partial charge in [0.1, 0.15) is 18.2 Å². The van der Waals surface area contributed by atoms with Crippen LogP contribution in [0, 0.1) is 5.82 Å². The molecule has 0 bridgehead atoms. The Morgan fingerprint density at radius 2 is 2.12 bits per heavy atom. The lowest BCUT2D eigenvalue weighted by atomic mass is 10.1. The molecule has 3 heterocycles. The topological polar surface area (TPSA) is 84.7 Å². The van der Waals surface area contributed by atoms with Gasteiger partial charge in [-0.05, 0) is 30.3 Å². The van der Waals surface area contributed by atoms with E-state index in [-0.39, 0.29) is 18.0 Å². The van der Waals surface area contributed by atoms with Crippen LogP contribution in [0.1, 0.15) is 0 Å². The lowest BCUT2D eigenvalue weighted by Gasteiger charge is -2.25. The van der Waals surface area contributed by atoms with Gasteiger partial charge in [-0.15, -0.1) is 0 Å². The van der Waals surface area contributed by atoms with Crippen molar-refractivity contribution in [3.05, 3.63) is 48.5 Å². The number of fused-ring (bicyclic) bond motifs is 1. The Kier molecular flexibility index (Phi) is 3.89. The molecule has 1 amide bonds. The first-order valence-corrected chi connectivity index (χ1v) is 7.93. The molecule has 1 aliphatic heterocycles. The first-order valence-electron chi connectivity index (χ1n) is 7.93. The van der Waals surface area contributed by atoms with Crippen LogP contribution in [0.15, 0.2) is 42.7 Å². The molecule has 1 aliphatic rings. The van der Waals surface area contributed by atoms with Crippen LogP contribution >= 0.6 is 0 Å². The number of amides is 1. The predicted molar refractivity (Wildman–Crippen MR) is 91.7 cm³/mol. The number of pyridine rings is 1. The summed E-state index contributed by atoms with van der Waals surface area (Å²) in [5, 5.41) is 9.95. The van der Waals surface area contributed by atoms with Crippen LogP contribution in [-0.4, -0.2) is 46.4 Å². The van der Waals surface area contributed by atoms with Crippen molar-refractivity contribution in [1.29, 1.82) is 0 Å². The van der Waals surface area contributed by atoms with Gasteiger partial charge in [0.15, 0.2) is 0 Å². The summed E-state index contributed by atoms with van der Waals surface area (Å²) in [7, 11) is 0. The molecule has 3 aromatic rings. The molecule has 26 heavy (non-hydrogen) atoms. The van der Waals surface area contributed by atoms with Gasteiger partial charge in [-0.2, -0.15) is 0 Å². The molecule has 1 N–H and O–H groups in total. The zero-order chi connectivity index (χ0) is 18.3. The van der Waals surface area contributed by atoms with E-state index >= 15 is 0 Å². The van der Waals surface area contributed by atoms with E-state index < -0.39 is 11.9 Å². The van der Waals surface area contributed by atoms with Gasteiger partial charge in [0.2, 0.25) is 0 Å². The molecule has 0 radical (unpaired) electrons. The second-order valence-electron chi connectivity index (χ2n) is 5.86. The largest absolute Gasteiger partial charge is 0.464 e. The zero-order valence-electron chi connectivity index (χ0n) is 13.6. The van der Waals surface area contributed by atoms with Crippen molar-refractivity contribution < 1.29 is 23.8 Å². The second kappa shape index (κ2) is 6.23. The SMILES string of the molecule is O=C1COCCN1c1ccc(-c2cn(C(=O)O)c3cc(F)ccc23)cn1. The third-order valence-corrected chi connectivity index (χ3v) is 4.30. The van der Waals surface area contributed by atoms with Crippen LogP contribution in [-0.2, 0) is 9.53 Å². The average Bonchev–Trinajstić information content (AvgIpc) is 3.01. The van der Waals surface area contributed by atoms with Crippen molar-refractivity contribution in [2.75, 3.05) is 24.7 Å². The lowest BCUT2D eigenvalue weighted by molar-refractivity contribution is -0.125. The predicted octanol–water partition coefficient (Wildman–Crippen LogP) is 2.73. The third-order valence-electron chi connectivity index (χ3n) is 4.30. The molecular weight excluding hydrogens is 341 g/mol. The van der Waals surface area contributed by atoms with Gasteiger partial charge in [0.25, 0.3) is 5.91 Å². The molecule has 0 saturated carbocycles. The van der Waals surface area contributed by atoms with E-state index in [1.807, 2.05) is 0 Å². The number of carboxylic acid groups (broad SMARTS) is 1. The number of hydrogen-bond donors (Lipinski definition) is 1. The van der Waals surface area contributed by atoms with Crippen molar-refractivity contribution in [2.45, 2.75) is 0 Å². The molecule has 0 unspecified atom stereocenters. The fraction of sp³-hybridized carbons (Fsp3) is 0.167. The second-order valence-corrected chi connectivity index (χ2v) is 5.86. The number of carbonyl (C=O) groups is 2. The molecule has 1 aromatic carbocycles. The number of anilines is 1. The normalized spacial score (nSPS) is 14.8. The van der Waals surface area contributed by atoms with Crippen molar-refractivity contribution in [2.24, 2.45) is 0 Å². The van der Waals surface area contributed by atoms with Gasteiger partial charge in [0.05, 0.1) is 18.7 Å². The summed E-state index contributed by atoms with van der Waals surface area (Å²) in [6.07, 6.45) is 1.81. The smallest absolute Gasteiger partial charge is 0.416 e. The van der Waals surface area contributed by atoms with Gasteiger partial charge >= 0.3 is 6.09 Å². The number of rotatable bonds is 2. The number of ether oxygens (including phenoxy) is 1. The Balaban J connectivity index is 1.76. The fourth-order valence-electron chi connectivity index (χ4n) is 3.05. The van der Waals surface area contributed by atoms with E-state index in [2.05, 4.69) is 4.98 Å². The van der Waals surface area contributed by atoms with E-state index in [1.165, 1.54) is 18.3 Å². The molecule has 2 aromatic heterocycles. The van der Waals surface area contributed by atoms with Crippen LogP contribution in [0.4, 0.5) is 15.0 Å². The number of carbonyl (C=O) groups excluding carboxylic acids is 1. The van der Waals surface area contributed by atoms with Crippen LogP contribution in [0.5, 0.6) is 0 Å². The van der Waals surface area contributed by atoms with Crippen molar-refractivity contribution in [3.8, 4) is 11.1 Å². The summed E-state index contributed by atoms with van der Waals surface area (Å²) in [6, 6.07) is 7.47. The van der Waals surface area contributed by atoms with E-state index in [4.69, 9.17) is 4.74 Å². The maximum Gasteiger partial charge on any atom is 0.416 e. The van der Waals surface area contributed by atoms with E-state index in [1.54, 1.807) is 29.3 Å². The summed E-state index contributed by atoms with van der Waals surface area (Å²) < 4.78 is 19.6. The Morgan fingerprint density at radius 1 is 1.27 bits per heavy atom. The molecule has 132 valence electrons. The van der Waals surface area contributed by atoms with Gasteiger partial charge in [0, 0.05) is 28.9 Å². The van der Waals surface area contributed by atoms with Crippen molar-refractivity contribution >= 4 is 28.7 Å². The van der Waals surface area contributed by atoms with Gasteiger partial charge < -0.3 is 9.84 Å². The van der Waals surface area contributed by atoms with Crippen LogP contribution < -0.4 is 4.90 Å². The van der Waals surface area contributed by atoms with Crippen LogP contribution in [0.25, 0.3) is 22.0 Å². The molecule has 8 heteroatoms. The zero-order valence-corrected chi connectivity index (χ0v) is 13.6. The minimum atomic E-state index is -1.20. The first kappa shape index (κ1) is 16.2. The van der Waals surface area contributed by atoms with E-state index in [9.17, 15) is 19.1 Å². The Hall–Kier alpha value is -3.26. The number of nitrogens with zero attached hydrogens (tertiary/aromatic N) is 3. The molecule has 1 fully saturated rings. The van der Waals surface area contributed by atoms with Crippen LogP contribution in [0.2, 0.25) is 0 Å². The fourth-order valence-corrected chi connectivity index (χ4v) is 3.05. The summed E-state index contributed by atoms with van der Waals surface area (Å²) in [4.78, 5) is 29.2. The molecule has 0 aliphatic carbocycles. The molecular formula is C18H14FN3O4. The molecule has 4 rings (SSSR count). The number of morpholine rings is 1. The van der Waals surface area contributed by atoms with Gasteiger partial charge in [-0.1, -0.05) is 0 Å². The number of aromatic nitrogens is 2. The average molecular weight is 355 g/mol. The van der Waals surface area contributed by atoms with Crippen LogP contribution in [0.3, 0.4) is 0 Å². The summed E-state index contributed by atoms with van der Waals surface area (Å²) >= 11 is 0. The Labute approximate surface area is 147 Å². The molecule has 0 atom stereocenters. The van der Waals surface area contributed by atoms with E-state index in [0.29, 0.717) is 35.5 Å². The summed E-state index contributed by atoms with van der Waals surface area (Å²) in [6.45, 7) is 0.913. The van der Waals surface area contributed by atoms with E-state index in [0.717, 1.165) is 4.57 Å². The Bertz CT molecular complexity index is 1010. The molecule has 7 nitrogen and oxygen atoms in total. The summed E-state index contributed by atoms with van der Waals surface area (Å²) in [5.41, 5.74) is 1.56.